The van der Waals surface area contributed by atoms with Crippen LogP contribution in [0, 0.1) is 0 Å². The third-order valence-electron chi connectivity index (χ3n) is 8.77. The lowest BCUT2D eigenvalue weighted by atomic mass is 10.1. The Morgan fingerprint density at radius 1 is 0.623 bits per heavy atom. The van der Waals surface area contributed by atoms with Crippen molar-refractivity contribution in [1.29, 1.82) is 0 Å². The molecule has 8 nitrogen and oxygen atoms in total. The van der Waals surface area contributed by atoms with E-state index in [-0.39, 0.29) is 31.5 Å². The molecule has 0 N–H and O–H groups in total. The first-order valence-corrected chi connectivity index (χ1v) is 21.4. The Balaban J connectivity index is 1.55. The maximum absolute atomic E-state index is 12.8. The van der Waals surface area contributed by atoms with E-state index in [9.17, 15) is 8.42 Å². The Hall–Kier alpha value is -4.42. The Morgan fingerprint density at radius 2 is 1.04 bits per heavy atom. The average Bonchev–Trinajstić information content (AvgIpc) is 3.16. The average molecular weight is 752 g/mol. The summed E-state index contributed by atoms with van der Waals surface area (Å²) in [6, 6.07) is 49.4. The first-order valence-electron chi connectivity index (χ1n) is 17.7. The molecule has 0 aliphatic heterocycles. The van der Waals surface area contributed by atoms with E-state index in [1.807, 2.05) is 127 Å². The summed E-state index contributed by atoms with van der Waals surface area (Å²) in [5.41, 5.74) is 2.74. The minimum atomic E-state index is -3.97. The van der Waals surface area contributed by atoms with Crippen LogP contribution in [0.25, 0.3) is 0 Å². The van der Waals surface area contributed by atoms with Crippen molar-refractivity contribution < 1.29 is 31.3 Å². The lowest BCUT2D eigenvalue weighted by molar-refractivity contribution is -0.118. The van der Waals surface area contributed by atoms with Gasteiger partial charge in [0.25, 0.3) is 10.1 Å². The molecule has 0 fully saturated rings. The predicted molar refractivity (Wildman–Crippen MR) is 213 cm³/mol. The Bertz CT molecular complexity index is 1890. The quantitative estimate of drug-likeness (QED) is 0.0379. The van der Waals surface area contributed by atoms with Crippen LogP contribution in [0.3, 0.4) is 0 Å². The van der Waals surface area contributed by atoms with Crippen LogP contribution in [0.2, 0.25) is 5.04 Å². The normalized spacial score (nSPS) is 14.1. The minimum absolute atomic E-state index is 0.101. The van der Waals surface area contributed by atoms with Gasteiger partial charge in [-0.25, -0.2) is 0 Å². The highest BCUT2D eigenvalue weighted by molar-refractivity contribution is 7.86. The van der Waals surface area contributed by atoms with Gasteiger partial charge >= 0.3 is 8.32 Å². The molecule has 0 saturated carbocycles. The van der Waals surface area contributed by atoms with Crippen molar-refractivity contribution in [2.24, 2.45) is 5.16 Å². The third-order valence-corrected chi connectivity index (χ3v) is 14.1. The van der Waals surface area contributed by atoms with Gasteiger partial charge in [-0.05, 0) is 27.1 Å². The van der Waals surface area contributed by atoms with Gasteiger partial charge < -0.3 is 18.7 Å². The van der Waals surface area contributed by atoms with E-state index in [0.717, 1.165) is 33.3 Å². The van der Waals surface area contributed by atoms with Crippen molar-refractivity contribution in [3.8, 4) is 0 Å². The molecule has 0 aliphatic carbocycles. The van der Waals surface area contributed by atoms with Gasteiger partial charge in [0.1, 0.15) is 18.3 Å². The number of oxime groups is 1. The SMILES string of the molecule is CC(C)(C)[Si](O/N=C/[C@@H](OCc1ccccc1)[C@H](OCc1ccccc1)[C@H](COCc1ccccc1)OS(C)(=O)=O)(c1ccccc1)c1ccccc1. The maximum atomic E-state index is 12.8. The van der Waals surface area contributed by atoms with Gasteiger partial charge in [0, 0.05) is 5.04 Å². The van der Waals surface area contributed by atoms with Crippen molar-refractivity contribution in [3.05, 3.63) is 168 Å². The monoisotopic (exact) mass is 751 g/mol. The summed E-state index contributed by atoms with van der Waals surface area (Å²) < 4.78 is 57.5. The fourth-order valence-electron chi connectivity index (χ4n) is 6.23. The molecule has 5 aromatic carbocycles. The standard InChI is InChI=1S/C43H49NO7SSi/c1-43(2,3)53(38-26-16-8-17-27-38,39-28-18-9-19-29-39)51-44-30-40(48-32-36-22-12-6-13-23-36)42(49-33-37-24-14-7-15-25-37)41(50-52(4,45)46)34-47-31-35-20-10-5-11-21-35/h5-30,40-42H,31-34H2,1-4H3/b44-30+/t40-,41+,42+/m1/s1. The highest BCUT2D eigenvalue weighted by Gasteiger charge is 2.53. The number of hydrogen-bond acceptors (Lipinski definition) is 8. The van der Waals surface area contributed by atoms with Crippen molar-refractivity contribution in [2.75, 3.05) is 12.9 Å². The van der Waals surface area contributed by atoms with E-state index in [1.165, 1.54) is 0 Å². The second kappa shape index (κ2) is 19.1. The van der Waals surface area contributed by atoms with Gasteiger partial charge in [0.2, 0.25) is 0 Å². The summed E-state index contributed by atoms with van der Waals surface area (Å²) in [5.74, 6) is 0. The number of nitrogens with zero attached hydrogens (tertiary/aromatic N) is 1. The fraction of sp³-hybridized carbons (Fsp3) is 0.279. The van der Waals surface area contributed by atoms with Crippen LogP contribution in [0.5, 0.6) is 0 Å². The Morgan fingerprint density at radius 3 is 1.47 bits per heavy atom. The molecule has 278 valence electrons. The number of hydrogen-bond donors (Lipinski definition) is 0. The molecule has 0 spiro atoms. The van der Waals surface area contributed by atoms with Gasteiger partial charge in [0.15, 0.2) is 0 Å². The summed E-state index contributed by atoms with van der Waals surface area (Å²) in [5, 5.41) is 6.52. The van der Waals surface area contributed by atoms with Crippen molar-refractivity contribution in [2.45, 2.75) is 63.9 Å². The van der Waals surface area contributed by atoms with Gasteiger partial charge in [-0.2, -0.15) is 8.42 Å². The molecular formula is C43H49NO7SSi. The minimum Gasteiger partial charge on any atom is -0.443 e. The van der Waals surface area contributed by atoms with Gasteiger partial charge in [-0.3, -0.25) is 4.18 Å². The fourth-order valence-corrected chi connectivity index (χ4v) is 10.9. The van der Waals surface area contributed by atoms with E-state index in [4.69, 9.17) is 28.1 Å². The van der Waals surface area contributed by atoms with Gasteiger partial charge in [0.05, 0.1) is 38.9 Å². The maximum Gasteiger partial charge on any atom is 0.354 e. The second-order valence-electron chi connectivity index (χ2n) is 13.9. The molecule has 0 unspecified atom stereocenters. The molecule has 0 bridgehead atoms. The molecule has 3 atom stereocenters. The number of rotatable bonds is 19. The highest BCUT2D eigenvalue weighted by Crippen LogP contribution is 2.37. The van der Waals surface area contributed by atoms with Gasteiger partial charge in [-0.1, -0.05) is 172 Å². The molecule has 0 heterocycles. The van der Waals surface area contributed by atoms with Crippen molar-refractivity contribution >= 4 is 35.0 Å². The van der Waals surface area contributed by atoms with Crippen LogP contribution in [0.4, 0.5) is 0 Å². The van der Waals surface area contributed by atoms with E-state index < -0.39 is 36.7 Å². The molecule has 5 aromatic rings. The predicted octanol–water partition coefficient (Wildman–Crippen LogP) is 7.28. The van der Waals surface area contributed by atoms with Crippen LogP contribution in [0.1, 0.15) is 37.5 Å². The molecule has 0 aromatic heterocycles. The zero-order valence-corrected chi connectivity index (χ0v) is 32.6. The molecular weight excluding hydrogens is 703 g/mol. The van der Waals surface area contributed by atoms with Crippen LogP contribution in [0.15, 0.2) is 157 Å². The molecule has 0 saturated heterocycles. The molecule has 53 heavy (non-hydrogen) atoms. The van der Waals surface area contributed by atoms with Crippen molar-refractivity contribution in [3.63, 3.8) is 0 Å². The van der Waals surface area contributed by atoms with Crippen LogP contribution in [-0.4, -0.2) is 54.1 Å². The summed E-state index contributed by atoms with van der Waals surface area (Å²) >= 11 is 0. The van der Waals surface area contributed by atoms with Crippen LogP contribution < -0.4 is 10.4 Å². The van der Waals surface area contributed by atoms with Crippen molar-refractivity contribution in [1.82, 2.24) is 0 Å². The third kappa shape index (κ3) is 11.5. The summed E-state index contributed by atoms with van der Waals surface area (Å²) in [6.07, 6.45) is -0.420. The van der Waals surface area contributed by atoms with Gasteiger partial charge in [-0.15, -0.1) is 5.16 Å². The van der Waals surface area contributed by atoms with Crippen LogP contribution in [-0.2, 0) is 52.9 Å². The molecule has 0 aliphatic rings. The zero-order valence-electron chi connectivity index (χ0n) is 30.8. The number of ether oxygens (including phenoxy) is 3. The molecule has 0 radical (unpaired) electrons. The summed E-state index contributed by atoms with van der Waals surface area (Å²) in [6.45, 7) is 7.01. The summed E-state index contributed by atoms with van der Waals surface area (Å²) in [7, 11) is -7.05. The lowest BCUT2D eigenvalue weighted by Crippen LogP contribution is -2.65. The van der Waals surface area contributed by atoms with E-state index in [1.54, 1.807) is 6.21 Å². The molecule has 0 amide bonds. The Kier molecular flexibility index (Phi) is 14.3. The van der Waals surface area contributed by atoms with E-state index >= 15 is 0 Å². The first kappa shape index (κ1) is 39.8. The zero-order chi connectivity index (χ0) is 37.6. The smallest absolute Gasteiger partial charge is 0.354 e. The van der Waals surface area contributed by atoms with E-state index in [0.29, 0.717) is 0 Å². The largest absolute Gasteiger partial charge is 0.443 e. The summed E-state index contributed by atoms with van der Waals surface area (Å²) in [4.78, 5) is 0. The topological polar surface area (TPSA) is 92.7 Å². The Labute approximate surface area is 315 Å². The second-order valence-corrected chi connectivity index (χ2v) is 19.7. The van der Waals surface area contributed by atoms with E-state index in [2.05, 4.69) is 45.0 Å². The number of benzene rings is 5. The highest BCUT2D eigenvalue weighted by atomic mass is 32.2. The lowest BCUT2D eigenvalue weighted by Gasteiger charge is -2.40. The van der Waals surface area contributed by atoms with Crippen LogP contribution >= 0.6 is 0 Å². The first-order chi connectivity index (χ1) is 25.5. The molecule has 5 rings (SSSR count). The molecule has 10 heteroatoms.